The fraction of sp³-hybridized carbons (Fsp3) is 0.667. The number of rotatable bonds is 3. The van der Waals surface area contributed by atoms with Crippen molar-refractivity contribution in [3.63, 3.8) is 0 Å². The first-order valence-corrected chi connectivity index (χ1v) is 9.95. The van der Waals surface area contributed by atoms with Crippen LogP contribution in [0.15, 0.2) is 11.4 Å². The van der Waals surface area contributed by atoms with Gasteiger partial charge in [0.1, 0.15) is 0 Å². The maximum atomic E-state index is 12.7. The van der Waals surface area contributed by atoms with Gasteiger partial charge < -0.3 is 10.0 Å². The van der Waals surface area contributed by atoms with Gasteiger partial charge >= 0.3 is 12.1 Å². The van der Waals surface area contributed by atoms with Crippen LogP contribution in [0.1, 0.15) is 40.9 Å². The van der Waals surface area contributed by atoms with E-state index < -0.39 is 12.1 Å². The van der Waals surface area contributed by atoms with Crippen LogP contribution in [0.25, 0.3) is 0 Å². The number of aryl methyl sites for hydroxylation is 1. The molecular formula is C18H23F3N2O3S. The van der Waals surface area contributed by atoms with E-state index in [0.29, 0.717) is 12.1 Å². The molecule has 5 nitrogen and oxygen atoms in total. The highest BCUT2D eigenvalue weighted by molar-refractivity contribution is 7.12. The topological polar surface area (TPSA) is 60.9 Å². The third-order valence-corrected chi connectivity index (χ3v) is 6.45. The number of fused-ring (bicyclic) bond motifs is 1. The van der Waals surface area contributed by atoms with Gasteiger partial charge in [0, 0.05) is 31.7 Å². The molecule has 0 aromatic carbocycles. The largest absolute Gasteiger partial charge is 0.490 e. The second-order valence-corrected chi connectivity index (χ2v) is 8.30. The Labute approximate surface area is 159 Å². The summed E-state index contributed by atoms with van der Waals surface area (Å²) >= 11 is 1.60. The van der Waals surface area contributed by atoms with E-state index in [0.717, 1.165) is 22.9 Å². The highest BCUT2D eigenvalue weighted by atomic mass is 32.1. The highest BCUT2D eigenvalue weighted by Crippen LogP contribution is 2.37. The molecule has 3 heterocycles. The quantitative estimate of drug-likeness (QED) is 0.839. The molecule has 4 rings (SSSR count). The maximum Gasteiger partial charge on any atom is 0.490 e. The van der Waals surface area contributed by atoms with Crippen molar-refractivity contribution >= 4 is 23.2 Å². The Morgan fingerprint density at radius 2 is 1.81 bits per heavy atom. The van der Waals surface area contributed by atoms with Crippen LogP contribution in [0, 0.1) is 12.8 Å². The lowest BCUT2D eigenvalue weighted by atomic mass is 10.1. The van der Waals surface area contributed by atoms with Crippen molar-refractivity contribution in [1.29, 1.82) is 0 Å². The van der Waals surface area contributed by atoms with Gasteiger partial charge in [-0.1, -0.05) is 0 Å². The molecule has 2 saturated heterocycles. The number of alkyl halides is 3. The van der Waals surface area contributed by atoms with Gasteiger partial charge in [-0.05, 0) is 55.5 Å². The van der Waals surface area contributed by atoms with Gasteiger partial charge in [0.05, 0.1) is 4.88 Å². The third kappa shape index (κ3) is 4.63. The molecule has 1 N–H and O–H groups in total. The monoisotopic (exact) mass is 404 g/mol. The van der Waals surface area contributed by atoms with Crippen molar-refractivity contribution in [1.82, 2.24) is 9.80 Å². The van der Waals surface area contributed by atoms with Gasteiger partial charge in [0.2, 0.25) is 0 Å². The predicted octanol–water partition coefficient (Wildman–Crippen LogP) is 3.39. The summed E-state index contributed by atoms with van der Waals surface area (Å²) in [5.41, 5.74) is 1.14. The van der Waals surface area contributed by atoms with Crippen molar-refractivity contribution in [3.05, 3.63) is 21.9 Å². The normalized spacial score (nSPS) is 25.1. The smallest absolute Gasteiger partial charge is 0.475 e. The number of likely N-dealkylation sites (tertiary alicyclic amines) is 2. The summed E-state index contributed by atoms with van der Waals surface area (Å²) in [7, 11) is 0. The lowest BCUT2D eigenvalue weighted by Gasteiger charge is -2.25. The second kappa shape index (κ2) is 7.79. The van der Waals surface area contributed by atoms with Crippen molar-refractivity contribution in [2.75, 3.05) is 19.6 Å². The number of amides is 1. The van der Waals surface area contributed by atoms with Gasteiger partial charge in [-0.15, -0.1) is 11.3 Å². The van der Waals surface area contributed by atoms with Gasteiger partial charge in [-0.2, -0.15) is 13.2 Å². The lowest BCUT2D eigenvalue weighted by Crippen LogP contribution is -2.40. The fourth-order valence-corrected chi connectivity index (χ4v) is 4.79. The number of aliphatic carboxylic acids is 1. The number of carbonyl (C=O) groups excluding carboxylic acids is 1. The summed E-state index contributed by atoms with van der Waals surface area (Å²) in [6.07, 6.45) is 0.108. The van der Waals surface area contributed by atoms with Gasteiger partial charge in [0.25, 0.3) is 5.91 Å². The zero-order valence-corrected chi connectivity index (χ0v) is 15.9. The number of hydrogen-bond donors (Lipinski definition) is 1. The second-order valence-electron chi connectivity index (χ2n) is 7.38. The van der Waals surface area contributed by atoms with Crippen molar-refractivity contribution in [2.24, 2.45) is 5.92 Å². The number of halogens is 3. The van der Waals surface area contributed by atoms with E-state index in [1.54, 1.807) is 11.3 Å². The summed E-state index contributed by atoms with van der Waals surface area (Å²) in [5.74, 6) is -1.52. The first-order valence-electron chi connectivity index (χ1n) is 9.07. The molecule has 0 unspecified atom stereocenters. The lowest BCUT2D eigenvalue weighted by molar-refractivity contribution is -0.192. The van der Waals surface area contributed by atoms with Crippen LogP contribution >= 0.6 is 11.3 Å². The zero-order valence-electron chi connectivity index (χ0n) is 15.0. The number of carboxylic acids is 1. The molecule has 1 aliphatic carbocycles. The molecule has 0 bridgehead atoms. The Balaban J connectivity index is 0.000000260. The molecular weight excluding hydrogens is 381 g/mol. The maximum absolute atomic E-state index is 12.7. The highest BCUT2D eigenvalue weighted by Gasteiger charge is 2.45. The van der Waals surface area contributed by atoms with Gasteiger partial charge in [0.15, 0.2) is 0 Å². The van der Waals surface area contributed by atoms with E-state index in [1.807, 2.05) is 12.3 Å². The molecule has 2 aliphatic heterocycles. The molecule has 1 saturated carbocycles. The number of thiophene rings is 1. The molecule has 27 heavy (non-hydrogen) atoms. The van der Waals surface area contributed by atoms with E-state index in [2.05, 4.69) is 15.9 Å². The number of hydrogen-bond acceptors (Lipinski definition) is 4. The first kappa shape index (κ1) is 20.1. The standard InChI is InChI=1S/C16H22N2OS.C2HF3O2/c1-11-6-9-20-15(11)16(19)18-8-5-13-14(18)4-7-17(13)10-12-2-3-12;3-2(4,5)1(6)7/h6,9,12-14H,2-5,7-8,10H2,1H3;(H,6,7)/t13-,14+;/m0./s1. The summed E-state index contributed by atoms with van der Waals surface area (Å²) in [6.45, 7) is 5.47. The molecule has 1 amide bonds. The average molecular weight is 404 g/mol. The minimum absolute atomic E-state index is 0.276. The van der Waals surface area contributed by atoms with Crippen LogP contribution in [0.2, 0.25) is 0 Å². The SMILES string of the molecule is Cc1ccsc1C(=O)N1CC[C@H]2[C@H]1CCN2CC1CC1.O=C(O)C(F)(F)F. The molecule has 9 heteroatoms. The Hall–Kier alpha value is -1.61. The number of nitrogens with zero attached hydrogens (tertiary/aromatic N) is 2. The van der Waals surface area contributed by atoms with E-state index in [1.165, 1.54) is 38.8 Å². The molecule has 1 aromatic rings. The predicted molar refractivity (Wildman–Crippen MR) is 94.9 cm³/mol. The van der Waals surface area contributed by atoms with Gasteiger partial charge in [-0.3, -0.25) is 9.69 Å². The van der Waals surface area contributed by atoms with Crippen LogP contribution in [-0.4, -0.2) is 64.7 Å². The van der Waals surface area contributed by atoms with Crippen LogP contribution in [0.5, 0.6) is 0 Å². The minimum Gasteiger partial charge on any atom is -0.475 e. The Bertz CT molecular complexity index is 702. The molecule has 3 fully saturated rings. The molecule has 3 aliphatic rings. The van der Waals surface area contributed by atoms with Crippen LogP contribution in [0.3, 0.4) is 0 Å². The molecule has 150 valence electrons. The van der Waals surface area contributed by atoms with Crippen LogP contribution in [0.4, 0.5) is 13.2 Å². The van der Waals surface area contributed by atoms with Crippen molar-refractivity contribution < 1.29 is 27.9 Å². The average Bonchev–Trinajstić information content (AvgIpc) is 2.98. The van der Waals surface area contributed by atoms with E-state index in [9.17, 15) is 18.0 Å². The number of carbonyl (C=O) groups is 2. The summed E-state index contributed by atoms with van der Waals surface area (Å²) in [4.78, 5) is 27.4. The number of carboxylic acid groups (broad SMARTS) is 1. The van der Waals surface area contributed by atoms with E-state index >= 15 is 0 Å². The fourth-order valence-electron chi connectivity index (χ4n) is 3.91. The van der Waals surface area contributed by atoms with Crippen molar-refractivity contribution in [3.8, 4) is 0 Å². The summed E-state index contributed by atoms with van der Waals surface area (Å²) in [6, 6.07) is 3.17. The summed E-state index contributed by atoms with van der Waals surface area (Å²) < 4.78 is 31.7. The molecule has 0 radical (unpaired) electrons. The molecule has 1 aromatic heterocycles. The zero-order chi connectivity index (χ0) is 19.8. The van der Waals surface area contributed by atoms with Crippen LogP contribution in [-0.2, 0) is 4.79 Å². The Morgan fingerprint density at radius 1 is 1.19 bits per heavy atom. The molecule has 0 spiro atoms. The van der Waals surface area contributed by atoms with Crippen LogP contribution < -0.4 is 0 Å². The molecule has 2 atom stereocenters. The third-order valence-electron chi connectivity index (χ3n) is 5.44. The minimum atomic E-state index is -5.08. The van der Waals surface area contributed by atoms with Crippen molar-refractivity contribution in [2.45, 2.75) is 50.9 Å². The summed E-state index contributed by atoms with van der Waals surface area (Å²) in [5, 5.41) is 9.16. The van der Waals surface area contributed by atoms with E-state index in [-0.39, 0.29) is 5.91 Å². The van der Waals surface area contributed by atoms with Gasteiger partial charge in [-0.25, -0.2) is 4.79 Å². The van der Waals surface area contributed by atoms with E-state index in [4.69, 9.17) is 9.90 Å². The Kier molecular flexibility index (Phi) is 5.81. The Morgan fingerprint density at radius 3 is 2.33 bits per heavy atom. The first-order chi connectivity index (χ1) is 12.7.